The molecule has 1 amide bonds. The van der Waals surface area contributed by atoms with E-state index in [0.29, 0.717) is 30.9 Å². The highest BCUT2D eigenvalue weighted by Crippen LogP contribution is 2.27. The molecule has 140 valence electrons. The predicted molar refractivity (Wildman–Crippen MR) is 107 cm³/mol. The number of carbonyl (C=O) groups excluding carboxylic acids is 1. The van der Waals surface area contributed by atoms with Crippen molar-refractivity contribution in [2.45, 2.75) is 19.4 Å². The van der Waals surface area contributed by atoms with E-state index in [4.69, 9.17) is 9.47 Å². The van der Waals surface area contributed by atoms with E-state index in [9.17, 15) is 4.79 Å². The van der Waals surface area contributed by atoms with Gasteiger partial charge in [-0.05, 0) is 24.1 Å². The Bertz CT molecular complexity index is 893. The lowest BCUT2D eigenvalue weighted by molar-refractivity contribution is -0.121. The van der Waals surface area contributed by atoms with Crippen molar-refractivity contribution in [3.8, 4) is 22.1 Å². The Morgan fingerprint density at radius 3 is 2.59 bits per heavy atom. The van der Waals surface area contributed by atoms with Crippen molar-refractivity contribution in [1.82, 2.24) is 10.3 Å². The third-order valence-corrected chi connectivity index (χ3v) is 5.06. The van der Waals surface area contributed by atoms with Crippen LogP contribution < -0.4 is 14.8 Å². The zero-order valence-corrected chi connectivity index (χ0v) is 16.2. The molecule has 3 rings (SSSR count). The predicted octanol–water partition coefficient (Wildman–Crippen LogP) is 4.08. The van der Waals surface area contributed by atoms with Crippen LogP contribution in [-0.2, 0) is 17.8 Å². The lowest BCUT2D eigenvalue weighted by Gasteiger charge is -2.10. The molecule has 0 bridgehead atoms. The SMILES string of the molecule is COc1ccc(CNC(=O)CCc2csc(-c3ccccc3)n2)cc1OC. The van der Waals surface area contributed by atoms with Gasteiger partial charge in [0.1, 0.15) is 5.01 Å². The molecule has 6 heteroatoms. The van der Waals surface area contributed by atoms with Crippen LogP contribution in [0.3, 0.4) is 0 Å². The maximum atomic E-state index is 12.2. The summed E-state index contributed by atoms with van der Waals surface area (Å²) in [6.07, 6.45) is 1.03. The third kappa shape index (κ3) is 5.08. The van der Waals surface area contributed by atoms with Gasteiger partial charge < -0.3 is 14.8 Å². The average Bonchev–Trinajstić information content (AvgIpc) is 3.20. The smallest absolute Gasteiger partial charge is 0.220 e. The van der Waals surface area contributed by atoms with Crippen LogP contribution in [0.15, 0.2) is 53.9 Å². The summed E-state index contributed by atoms with van der Waals surface area (Å²) in [4.78, 5) is 16.8. The van der Waals surface area contributed by atoms with E-state index in [-0.39, 0.29) is 5.91 Å². The van der Waals surface area contributed by atoms with Crippen LogP contribution in [0.4, 0.5) is 0 Å². The first-order valence-electron chi connectivity index (χ1n) is 8.67. The van der Waals surface area contributed by atoms with Gasteiger partial charge in [0.15, 0.2) is 11.5 Å². The molecule has 1 aromatic heterocycles. The molecule has 5 nitrogen and oxygen atoms in total. The summed E-state index contributed by atoms with van der Waals surface area (Å²) in [6, 6.07) is 15.7. The summed E-state index contributed by atoms with van der Waals surface area (Å²) in [7, 11) is 3.19. The molecule has 2 aromatic carbocycles. The normalized spacial score (nSPS) is 10.4. The Balaban J connectivity index is 1.50. The number of methoxy groups -OCH3 is 2. The van der Waals surface area contributed by atoms with Crippen LogP contribution in [0.1, 0.15) is 17.7 Å². The Morgan fingerprint density at radius 1 is 1.07 bits per heavy atom. The summed E-state index contributed by atoms with van der Waals surface area (Å²) in [6.45, 7) is 0.450. The minimum atomic E-state index is -0.000883. The number of ether oxygens (including phenoxy) is 2. The highest BCUT2D eigenvalue weighted by atomic mass is 32.1. The van der Waals surface area contributed by atoms with Crippen LogP contribution in [0.5, 0.6) is 11.5 Å². The van der Waals surface area contributed by atoms with Gasteiger partial charge in [0.25, 0.3) is 0 Å². The zero-order valence-electron chi connectivity index (χ0n) is 15.4. The molecule has 1 heterocycles. The second kappa shape index (κ2) is 9.19. The molecule has 0 unspecified atom stereocenters. The number of rotatable bonds is 8. The summed E-state index contributed by atoms with van der Waals surface area (Å²) in [5, 5.41) is 5.94. The molecule has 0 aliphatic rings. The lowest BCUT2D eigenvalue weighted by atomic mass is 10.2. The van der Waals surface area contributed by atoms with E-state index in [1.54, 1.807) is 25.6 Å². The van der Waals surface area contributed by atoms with Gasteiger partial charge in [-0.25, -0.2) is 4.98 Å². The summed E-state index contributed by atoms with van der Waals surface area (Å²) < 4.78 is 10.5. The van der Waals surface area contributed by atoms with E-state index >= 15 is 0 Å². The second-order valence-electron chi connectivity index (χ2n) is 5.98. The van der Waals surface area contributed by atoms with Crippen LogP contribution in [0.25, 0.3) is 10.6 Å². The number of nitrogens with one attached hydrogen (secondary N) is 1. The number of benzene rings is 2. The van der Waals surface area contributed by atoms with E-state index < -0.39 is 0 Å². The molecule has 0 radical (unpaired) electrons. The lowest BCUT2D eigenvalue weighted by Crippen LogP contribution is -2.23. The fraction of sp³-hybridized carbons (Fsp3) is 0.238. The molecule has 0 aliphatic heterocycles. The molecule has 0 spiro atoms. The van der Waals surface area contributed by atoms with Crippen LogP contribution in [0, 0.1) is 0 Å². The Labute approximate surface area is 163 Å². The average molecular weight is 382 g/mol. The van der Waals surface area contributed by atoms with Gasteiger partial charge in [-0.3, -0.25) is 4.79 Å². The van der Waals surface area contributed by atoms with Crippen molar-refractivity contribution < 1.29 is 14.3 Å². The molecular formula is C21H22N2O3S. The van der Waals surface area contributed by atoms with Crippen molar-refractivity contribution in [3.05, 3.63) is 65.2 Å². The molecule has 0 saturated heterocycles. The monoisotopic (exact) mass is 382 g/mol. The molecule has 0 atom stereocenters. The van der Waals surface area contributed by atoms with Gasteiger partial charge in [-0.1, -0.05) is 36.4 Å². The Morgan fingerprint density at radius 2 is 1.85 bits per heavy atom. The Hall–Kier alpha value is -2.86. The maximum Gasteiger partial charge on any atom is 0.220 e. The van der Waals surface area contributed by atoms with Crippen LogP contribution >= 0.6 is 11.3 Å². The molecular weight excluding hydrogens is 360 g/mol. The molecule has 0 saturated carbocycles. The van der Waals surface area contributed by atoms with E-state index in [0.717, 1.165) is 21.8 Å². The molecule has 1 N–H and O–H groups in total. The van der Waals surface area contributed by atoms with Crippen molar-refractivity contribution in [2.24, 2.45) is 0 Å². The van der Waals surface area contributed by atoms with Crippen molar-refractivity contribution in [1.29, 1.82) is 0 Å². The standard InChI is InChI=1S/C21H22N2O3S/c1-25-18-10-8-15(12-19(18)26-2)13-22-20(24)11-9-17-14-27-21(23-17)16-6-4-3-5-7-16/h3-8,10,12,14H,9,11,13H2,1-2H3,(H,22,24). The summed E-state index contributed by atoms with van der Waals surface area (Å²) in [5.74, 6) is 1.32. The highest BCUT2D eigenvalue weighted by molar-refractivity contribution is 7.13. The number of nitrogens with zero attached hydrogens (tertiary/aromatic N) is 1. The fourth-order valence-corrected chi connectivity index (χ4v) is 3.52. The quantitative estimate of drug-likeness (QED) is 0.638. The zero-order chi connectivity index (χ0) is 19.1. The minimum absolute atomic E-state index is 0.000883. The maximum absolute atomic E-state index is 12.2. The van der Waals surface area contributed by atoms with Crippen LogP contribution in [0.2, 0.25) is 0 Å². The molecule has 0 aliphatic carbocycles. The van der Waals surface area contributed by atoms with Crippen molar-refractivity contribution in [3.63, 3.8) is 0 Å². The van der Waals surface area contributed by atoms with Crippen LogP contribution in [-0.4, -0.2) is 25.1 Å². The van der Waals surface area contributed by atoms with Gasteiger partial charge in [-0.15, -0.1) is 11.3 Å². The van der Waals surface area contributed by atoms with E-state index in [1.807, 2.05) is 53.9 Å². The number of carbonyl (C=O) groups is 1. The van der Waals surface area contributed by atoms with E-state index in [2.05, 4.69) is 10.3 Å². The first-order chi connectivity index (χ1) is 13.2. The highest BCUT2D eigenvalue weighted by Gasteiger charge is 2.09. The molecule has 3 aromatic rings. The number of hydrogen-bond acceptors (Lipinski definition) is 5. The van der Waals surface area contributed by atoms with Gasteiger partial charge in [-0.2, -0.15) is 0 Å². The first-order valence-corrected chi connectivity index (χ1v) is 9.55. The summed E-state index contributed by atoms with van der Waals surface area (Å²) in [5.41, 5.74) is 3.01. The van der Waals surface area contributed by atoms with Crippen molar-refractivity contribution in [2.75, 3.05) is 14.2 Å². The fourth-order valence-electron chi connectivity index (χ4n) is 2.66. The number of aryl methyl sites for hydroxylation is 1. The molecule has 0 fully saturated rings. The molecule has 27 heavy (non-hydrogen) atoms. The Kier molecular flexibility index (Phi) is 6.44. The summed E-state index contributed by atoms with van der Waals surface area (Å²) >= 11 is 1.60. The van der Waals surface area contributed by atoms with Crippen molar-refractivity contribution >= 4 is 17.2 Å². The van der Waals surface area contributed by atoms with Gasteiger partial charge in [0.05, 0.1) is 19.9 Å². The van der Waals surface area contributed by atoms with Gasteiger partial charge >= 0.3 is 0 Å². The first kappa shape index (κ1) is 18.9. The largest absolute Gasteiger partial charge is 0.493 e. The minimum Gasteiger partial charge on any atom is -0.493 e. The topological polar surface area (TPSA) is 60.5 Å². The van der Waals surface area contributed by atoms with Gasteiger partial charge in [0.2, 0.25) is 5.91 Å². The number of thiazole rings is 1. The number of aromatic nitrogens is 1. The second-order valence-corrected chi connectivity index (χ2v) is 6.83. The number of hydrogen-bond donors (Lipinski definition) is 1. The number of amides is 1. The third-order valence-electron chi connectivity index (χ3n) is 4.12. The van der Waals surface area contributed by atoms with E-state index in [1.165, 1.54) is 0 Å². The van der Waals surface area contributed by atoms with Gasteiger partial charge in [0, 0.05) is 23.9 Å².